The number of hydrogen-bond acceptors (Lipinski definition) is 2. The number of aromatic nitrogens is 1. The van der Waals surface area contributed by atoms with Crippen LogP contribution in [-0.4, -0.2) is 17.3 Å². The van der Waals surface area contributed by atoms with Crippen LogP contribution in [0.4, 0.5) is 0 Å². The van der Waals surface area contributed by atoms with Crippen LogP contribution in [0.2, 0.25) is 0 Å². The number of fused-ring (bicyclic) bond motifs is 1. The van der Waals surface area contributed by atoms with Crippen LogP contribution in [0, 0.1) is 0 Å². The van der Waals surface area contributed by atoms with Crippen molar-refractivity contribution < 1.29 is 8.42 Å². The molecule has 1 aliphatic heterocycles. The highest BCUT2D eigenvalue weighted by Crippen LogP contribution is 2.14. The van der Waals surface area contributed by atoms with E-state index >= 15 is 0 Å². The molecule has 2 heterocycles. The summed E-state index contributed by atoms with van der Waals surface area (Å²) in [4.78, 5) is 0. The molecular formula is C7H9N3O2S. The minimum absolute atomic E-state index is 0.248. The van der Waals surface area contributed by atoms with Gasteiger partial charge >= 0.3 is 0 Å². The molecule has 0 aliphatic carbocycles. The van der Waals surface area contributed by atoms with Crippen molar-refractivity contribution in [2.24, 2.45) is 5.14 Å². The van der Waals surface area contributed by atoms with Crippen molar-refractivity contribution in [1.82, 2.24) is 8.87 Å². The van der Waals surface area contributed by atoms with Crippen molar-refractivity contribution in [1.29, 1.82) is 0 Å². The normalized spacial score (nSPS) is 15.9. The van der Waals surface area contributed by atoms with Crippen molar-refractivity contribution in [2.75, 3.05) is 0 Å². The van der Waals surface area contributed by atoms with E-state index in [0.29, 0.717) is 0 Å². The molecule has 2 rings (SSSR count). The molecule has 5 nitrogen and oxygen atoms in total. The maximum Gasteiger partial charge on any atom is 0.300 e. The maximum atomic E-state index is 11.0. The SMILES string of the molecule is NS(=O)(=O)N1C=Cc2cccn2C1. The Kier molecular flexibility index (Phi) is 1.67. The minimum atomic E-state index is -3.62. The zero-order valence-corrected chi connectivity index (χ0v) is 7.61. The third-order valence-corrected chi connectivity index (χ3v) is 2.79. The first-order valence-electron chi connectivity index (χ1n) is 3.70. The highest BCUT2D eigenvalue weighted by atomic mass is 32.2. The van der Waals surface area contributed by atoms with E-state index in [4.69, 9.17) is 5.14 Å². The molecule has 70 valence electrons. The van der Waals surface area contributed by atoms with Gasteiger partial charge in [-0.05, 0) is 18.2 Å². The smallest absolute Gasteiger partial charge is 0.300 e. The van der Waals surface area contributed by atoms with Crippen molar-refractivity contribution >= 4 is 16.3 Å². The van der Waals surface area contributed by atoms with Gasteiger partial charge in [0.15, 0.2) is 0 Å². The largest absolute Gasteiger partial charge is 0.329 e. The van der Waals surface area contributed by atoms with Crippen LogP contribution < -0.4 is 5.14 Å². The number of hydrogen-bond donors (Lipinski definition) is 1. The first-order chi connectivity index (χ1) is 6.07. The Bertz CT molecular complexity index is 446. The highest BCUT2D eigenvalue weighted by molar-refractivity contribution is 7.86. The average molecular weight is 199 g/mol. The van der Waals surface area contributed by atoms with Crippen LogP contribution >= 0.6 is 0 Å². The molecular weight excluding hydrogens is 190 g/mol. The van der Waals surface area contributed by atoms with Crippen LogP contribution in [0.25, 0.3) is 6.08 Å². The van der Waals surface area contributed by atoms with E-state index < -0.39 is 10.2 Å². The Morgan fingerprint density at radius 1 is 1.46 bits per heavy atom. The predicted molar refractivity (Wildman–Crippen MR) is 48.4 cm³/mol. The van der Waals surface area contributed by atoms with Crippen molar-refractivity contribution in [3.63, 3.8) is 0 Å². The molecule has 1 aromatic rings. The van der Waals surface area contributed by atoms with E-state index in [-0.39, 0.29) is 6.67 Å². The molecule has 1 aromatic heterocycles. The molecule has 0 saturated carbocycles. The molecule has 1 aliphatic rings. The predicted octanol–water partition coefficient (Wildman–Crippen LogP) is -0.0646. The fourth-order valence-corrected chi connectivity index (χ4v) is 1.75. The summed E-state index contributed by atoms with van der Waals surface area (Å²) < 4.78 is 24.8. The molecule has 0 fully saturated rings. The van der Waals surface area contributed by atoms with E-state index in [1.54, 1.807) is 16.8 Å². The molecule has 0 bridgehead atoms. The summed E-state index contributed by atoms with van der Waals surface area (Å²) in [7, 11) is -3.62. The first-order valence-corrected chi connectivity index (χ1v) is 5.20. The lowest BCUT2D eigenvalue weighted by atomic mass is 10.4. The third-order valence-electron chi connectivity index (χ3n) is 1.89. The maximum absolute atomic E-state index is 11.0. The standard InChI is InChI=1S/C7H9N3O2S/c8-13(11,12)10-5-3-7-2-1-4-9(7)6-10/h1-5H,6H2,(H2,8,11,12). The van der Waals surface area contributed by atoms with Gasteiger partial charge in [-0.2, -0.15) is 8.42 Å². The van der Waals surface area contributed by atoms with E-state index in [2.05, 4.69) is 0 Å². The van der Waals surface area contributed by atoms with Crippen LogP contribution in [0.3, 0.4) is 0 Å². The topological polar surface area (TPSA) is 68.3 Å². The Morgan fingerprint density at radius 2 is 2.23 bits per heavy atom. The number of nitrogens with zero attached hydrogens (tertiary/aromatic N) is 2. The lowest BCUT2D eigenvalue weighted by Gasteiger charge is -2.22. The van der Waals surface area contributed by atoms with Gasteiger partial charge in [0.25, 0.3) is 10.2 Å². The van der Waals surface area contributed by atoms with Gasteiger partial charge in [0.2, 0.25) is 0 Å². The van der Waals surface area contributed by atoms with Crippen LogP contribution in [-0.2, 0) is 16.9 Å². The lowest BCUT2D eigenvalue weighted by molar-refractivity contribution is 0.423. The molecule has 0 radical (unpaired) electrons. The van der Waals surface area contributed by atoms with Gasteiger partial charge in [-0.3, -0.25) is 0 Å². The first kappa shape index (κ1) is 8.33. The number of rotatable bonds is 1. The summed E-state index contributed by atoms with van der Waals surface area (Å²) in [6.45, 7) is 0.248. The summed E-state index contributed by atoms with van der Waals surface area (Å²) in [6, 6.07) is 3.75. The second kappa shape index (κ2) is 2.61. The minimum Gasteiger partial charge on any atom is -0.329 e. The molecule has 0 saturated heterocycles. The molecule has 13 heavy (non-hydrogen) atoms. The van der Waals surface area contributed by atoms with Gasteiger partial charge in [-0.25, -0.2) is 9.44 Å². The van der Waals surface area contributed by atoms with Crippen LogP contribution in [0.1, 0.15) is 5.69 Å². The molecule has 0 unspecified atom stereocenters. The van der Waals surface area contributed by atoms with E-state index in [0.717, 1.165) is 10.00 Å². The molecule has 0 amide bonds. The van der Waals surface area contributed by atoms with Crippen LogP contribution in [0.5, 0.6) is 0 Å². The highest BCUT2D eigenvalue weighted by Gasteiger charge is 2.16. The Hall–Kier alpha value is -1.27. The molecule has 0 atom stereocenters. The quantitative estimate of drug-likeness (QED) is 0.688. The fraction of sp³-hybridized carbons (Fsp3) is 0.143. The van der Waals surface area contributed by atoms with Crippen molar-refractivity contribution in [3.8, 4) is 0 Å². The van der Waals surface area contributed by atoms with Crippen molar-refractivity contribution in [3.05, 3.63) is 30.2 Å². The Labute approximate surface area is 76.2 Å². The second-order valence-corrected chi connectivity index (χ2v) is 4.29. The molecule has 6 heteroatoms. The fourth-order valence-electron chi connectivity index (χ4n) is 1.23. The van der Waals surface area contributed by atoms with Crippen molar-refractivity contribution in [2.45, 2.75) is 6.67 Å². The van der Waals surface area contributed by atoms with Gasteiger partial charge in [0.05, 0.1) is 0 Å². The summed E-state index contributed by atoms with van der Waals surface area (Å²) in [5, 5.41) is 4.97. The summed E-state index contributed by atoms with van der Waals surface area (Å²) >= 11 is 0. The Balaban J connectivity index is 2.37. The third kappa shape index (κ3) is 1.45. The Morgan fingerprint density at radius 3 is 2.92 bits per heavy atom. The summed E-state index contributed by atoms with van der Waals surface area (Å²) in [6.07, 6.45) is 4.97. The summed E-state index contributed by atoms with van der Waals surface area (Å²) in [5.74, 6) is 0. The molecule has 0 spiro atoms. The number of nitrogens with two attached hydrogens (primary N) is 1. The van der Waals surface area contributed by atoms with Gasteiger partial charge in [0, 0.05) is 18.1 Å². The van der Waals surface area contributed by atoms with E-state index in [9.17, 15) is 8.42 Å². The zero-order chi connectivity index (χ0) is 9.47. The lowest BCUT2D eigenvalue weighted by Crippen LogP contribution is -2.35. The second-order valence-electron chi connectivity index (χ2n) is 2.79. The van der Waals surface area contributed by atoms with Gasteiger partial charge in [-0.15, -0.1) is 0 Å². The van der Waals surface area contributed by atoms with Gasteiger partial charge < -0.3 is 4.57 Å². The zero-order valence-electron chi connectivity index (χ0n) is 6.79. The van der Waals surface area contributed by atoms with Crippen LogP contribution in [0.15, 0.2) is 24.5 Å². The molecule has 2 N–H and O–H groups in total. The van der Waals surface area contributed by atoms with Gasteiger partial charge in [-0.1, -0.05) is 0 Å². The average Bonchev–Trinajstić information content (AvgIpc) is 2.47. The summed E-state index contributed by atoms with van der Waals surface area (Å²) in [5.41, 5.74) is 0.972. The van der Waals surface area contributed by atoms with E-state index in [1.807, 2.05) is 12.1 Å². The van der Waals surface area contributed by atoms with E-state index in [1.165, 1.54) is 6.20 Å². The molecule has 0 aromatic carbocycles. The van der Waals surface area contributed by atoms with Gasteiger partial charge in [0.1, 0.15) is 6.67 Å². The monoisotopic (exact) mass is 199 g/mol.